The van der Waals surface area contributed by atoms with Gasteiger partial charge in [-0.3, -0.25) is 0 Å². The Balaban J connectivity index is 2.34. The first-order valence-electron chi connectivity index (χ1n) is 4.47. The van der Waals surface area contributed by atoms with E-state index in [4.69, 9.17) is 0 Å². The third kappa shape index (κ3) is 1.04. The third-order valence-corrected chi connectivity index (χ3v) is 2.66. The van der Waals surface area contributed by atoms with Crippen LogP contribution < -0.4 is 0 Å². The van der Waals surface area contributed by atoms with E-state index in [2.05, 4.69) is 35.5 Å². The second-order valence-electron chi connectivity index (χ2n) is 4.59. The van der Waals surface area contributed by atoms with E-state index in [0.717, 1.165) is 6.54 Å². The summed E-state index contributed by atoms with van der Waals surface area (Å²) in [4.78, 5) is 0. The summed E-state index contributed by atoms with van der Waals surface area (Å²) in [7, 11) is 0. The van der Waals surface area contributed by atoms with Crippen LogP contribution in [0.4, 0.5) is 0 Å². The Morgan fingerprint density at radius 3 is 2.92 bits per heavy atom. The van der Waals surface area contributed by atoms with Crippen LogP contribution in [0, 0.1) is 5.41 Å². The van der Waals surface area contributed by atoms with Crippen molar-refractivity contribution in [1.29, 1.82) is 0 Å². The summed E-state index contributed by atoms with van der Waals surface area (Å²) in [6, 6.07) is 0. The van der Waals surface area contributed by atoms with Crippen molar-refractivity contribution in [2.45, 2.75) is 39.7 Å². The molecule has 66 valence electrons. The van der Waals surface area contributed by atoms with Crippen molar-refractivity contribution in [2.75, 3.05) is 0 Å². The minimum Gasteiger partial charge on any atom is -0.317 e. The summed E-state index contributed by atoms with van der Waals surface area (Å²) in [5.41, 5.74) is 0.321. The van der Waals surface area contributed by atoms with Crippen molar-refractivity contribution in [3.05, 3.63) is 12.2 Å². The Hall–Kier alpha value is -0.860. The molecule has 0 saturated carbocycles. The Morgan fingerprint density at radius 1 is 1.50 bits per heavy atom. The summed E-state index contributed by atoms with van der Waals surface area (Å²) < 4.78 is 2.16. The molecule has 2 heterocycles. The van der Waals surface area contributed by atoms with E-state index in [1.807, 2.05) is 6.33 Å². The molecule has 0 fully saturated rings. The van der Waals surface area contributed by atoms with E-state index in [0.29, 0.717) is 11.3 Å². The van der Waals surface area contributed by atoms with E-state index in [1.54, 1.807) is 0 Å². The molecule has 0 saturated heterocycles. The van der Waals surface area contributed by atoms with Crippen molar-refractivity contribution >= 4 is 0 Å². The van der Waals surface area contributed by atoms with Crippen molar-refractivity contribution in [3.8, 4) is 0 Å². The topological polar surface area (TPSA) is 30.7 Å². The zero-order chi connectivity index (χ0) is 8.77. The van der Waals surface area contributed by atoms with Gasteiger partial charge in [-0.2, -0.15) is 0 Å². The van der Waals surface area contributed by atoms with Crippen molar-refractivity contribution in [3.63, 3.8) is 0 Å². The predicted octanol–water partition coefficient (Wildman–Crippen LogP) is 1.81. The SMILES string of the molecule is CC(C)(C)C1CCn2cnnc21. The maximum atomic E-state index is 4.16. The van der Waals surface area contributed by atoms with Gasteiger partial charge >= 0.3 is 0 Å². The predicted molar refractivity (Wildman–Crippen MR) is 46.8 cm³/mol. The number of rotatable bonds is 0. The molecular formula is C9H15N3. The molecule has 1 unspecified atom stereocenters. The molecule has 1 aromatic rings. The van der Waals surface area contributed by atoms with Gasteiger partial charge in [0.15, 0.2) is 0 Å². The van der Waals surface area contributed by atoms with Crippen LogP contribution in [-0.4, -0.2) is 14.8 Å². The Kier molecular flexibility index (Phi) is 1.50. The molecule has 0 N–H and O–H groups in total. The molecule has 0 amide bonds. The summed E-state index contributed by atoms with van der Waals surface area (Å²) >= 11 is 0. The lowest BCUT2D eigenvalue weighted by molar-refractivity contribution is 0.313. The summed E-state index contributed by atoms with van der Waals surface area (Å²) in [6.07, 6.45) is 3.05. The van der Waals surface area contributed by atoms with Crippen LogP contribution in [0.3, 0.4) is 0 Å². The fraction of sp³-hybridized carbons (Fsp3) is 0.778. The third-order valence-electron chi connectivity index (χ3n) is 2.66. The average molecular weight is 165 g/mol. The van der Waals surface area contributed by atoms with Crippen LogP contribution in [0.25, 0.3) is 0 Å². The van der Waals surface area contributed by atoms with E-state index >= 15 is 0 Å². The van der Waals surface area contributed by atoms with Crippen LogP contribution in [-0.2, 0) is 6.54 Å². The molecule has 3 nitrogen and oxygen atoms in total. The standard InChI is InChI=1S/C9H15N3/c1-9(2,3)7-4-5-12-6-10-11-8(7)12/h6-7H,4-5H2,1-3H3. The van der Waals surface area contributed by atoms with Gasteiger partial charge in [0.05, 0.1) is 0 Å². The number of aromatic nitrogens is 3. The zero-order valence-corrected chi connectivity index (χ0v) is 7.91. The normalized spacial score (nSPS) is 22.8. The molecule has 1 atom stereocenters. The lowest BCUT2D eigenvalue weighted by Gasteiger charge is -2.24. The molecule has 0 radical (unpaired) electrons. The summed E-state index contributed by atoms with van der Waals surface area (Å²) in [5.74, 6) is 1.75. The van der Waals surface area contributed by atoms with Crippen LogP contribution in [0.5, 0.6) is 0 Å². The fourth-order valence-electron chi connectivity index (χ4n) is 1.92. The molecule has 0 spiro atoms. The van der Waals surface area contributed by atoms with Gasteiger partial charge in [0.1, 0.15) is 12.2 Å². The van der Waals surface area contributed by atoms with Crippen LogP contribution >= 0.6 is 0 Å². The molecule has 0 bridgehead atoms. The highest BCUT2D eigenvalue weighted by Gasteiger charge is 2.33. The molecule has 3 heteroatoms. The van der Waals surface area contributed by atoms with Crippen molar-refractivity contribution < 1.29 is 0 Å². The van der Waals surface area contributed by atoms with Gasteiger partial charge in [0.2, 0.25) is 0 Å². The molecule has 1 aliphatic heterocycles. The minimum atomic E-state index is 0.321. The zero-order valence-electron chi connectivity index (χ0n) is 7.91. The second kappa shape index (κ2) is 2.31. The highest BCUT2D eigenvalue weighted by Crippen LogP contribution is 2.40. The molecule has 12 heavy (non-hydrogen) atoms. The second-order valence-corrected chi connectivity index (χ2v) is 4.59. The minimum absolute atomic E-state index is 0.321. The number of hydrogen-bond acceptors (Lipinski definition) is 2. The van der Waals surface area contributed by atoms with Crippen LogP contribution in [0.1, 0.15) is 38.9 Å². The monoisotopic (exact) mass is 165 g/mol. The summed E-state index contributed by atoms with van der Waals surface area (Å²) in [6.45, 7) is 7.89. The van der Waals surface area contributed by atoms with Gasteiger partial charge in [-0.25, -0.2) is 0 Å². The first-order chi connectivity index (χ1) is 5.59. The van der Waals surface area contributed by atoms with E-state index < -0.39 is 0 Å². The lowest BCUT2D eigenvalue weighted by atomic mass is 9.80. The Morgan fingerprint density at radius 2 is 2.25 bits per heavy atom. The first-order valence-corrected chi connectivity index (χ1v) is 4.47. The van der Waals surface area contributed by atoms with Gasteiger partial charge < -0.3 is 4.57 Å². The lowest BCUT2D eigenvalue weighted by Crippen LogP contribution is -2.16. The highest BCUT2D eigenvalue weighted by atomic mass is 15.3. The summed E-state index contributed by atoms with van der Waals surface area (Å²) in [5, 5.41) is 8.08. The van der Waals surface area contributed by atoms with E-state index in [-0.39, 0.29) is 0 Å². The van der Waals surface area contributed by atoms with Crippen LogP contribution in [0.2, 0.25) is 0 Å². The van der Waals surface area contributed by atoms with Gasteiger partial charge in [-0.1, -0.05) is 20.8 Å². The molecule has 1 aromatic heterocycles. The molecular weight excluding hydrogens is 150 g/mol. The van der Waals surface area contributed by atoms with Crippen molar-refractivity contribution in [1.82, 2.24) is 14.8 Å². The van der Waals surface area contributed by atoms with Crippen molar-refractivity contribution in [2.24, 2.45) is 5.41 Å². The Bertz CT molecular complexity index is 282. The quantitative estimate of drug-likeness (QED) is 0.587. The van der Waals surface area contributed by atoms with Gasteiger partial charge in [0.25, 0.3) is 0 Å². The maximum Gasteiger partial charge on any atom is 0.136 e. The molecule has 2 rings (SSSR count). The van der Waals surface area contributed by atoms with Gasteiger partial charge in [0, 0.05) is 12.5 Å². The fourth-order valence-corrected chi connectivity index (χ4v) is 1.92. The molecule has 0 aromatic carbocycles. The maximum absolute atomic E-state index is 4.16. The van der Waals surface area contributed by atoms with E-state index in [9.17, 15) is 0 Å². The van der Waals surface area contributed by atoms with Gasteiger partial charge in [-0.05, 0) is 11.8 Å². The number of nitrogens with zero attached hydrogens (tertiary/aromatic N) is 3. The smallest absolute Gasteiger partial charge is 0.136 e. The van der Waals surface area contributed by atoms with Gasteiger partial charge in [-0.15, -0.1) is 10.2 Å². The number of fused-ring (bicyclic) bond motifs is 1. The molecule has 0 aliphatic carbocycles. The average Bonchev–Trinajstić information content (AvgIpc) is 2.37. The number of aryl methyl sites for hydroxylation is 1. The Labute approximate surface area is 72.8 Å². The highest BCUT2D eigenvalue weighted by molar-refractivity contribution is 5.06. The van der Waals surface area contributed by atoms with E-state index in [1.165, 1.54) is 12.2 Å². The van der Waals surface area contributed by atoms with Crippen LogP contribution in [0.15, 0.2) is 6.33 Å². The molecule has 1 aliphatic rings. The number of hydrogen-bond donors (Lipinski definition) is 0. The largest absolute Gasteiger partial charge is 0.317 e. The first kappa shape index (κ1) is 7.77.